The first-order valence-electron chi connectivity index (χ1n) is 8.36. The molecule has 1 atom stereocenters. The second-order valence-corrected chi connectivity index (χ2v) is 6.09. The normalized spacial score (nSPS) is 16.1. The Kier molecular flexibility index (Phi) is 3.90. The van der Waals surface area contributed by atoms with Crippen LogP contribution in [0, 0.1) is 0 Å². The SMILES string of the molecule is CC(c1ccccc1)N1C(=O)/C(=C\c2ccccn2)c2ccccc21. The predicted molar refractivity (Wildman–Crippen MR) is 101 cm³/mol. The fourth-order valence-electron chi connectivity index (χ4n) is 3.28. The van der Waals surface area contributed by atoms with Gasteiger partial charge in [-0.2, -0.15) is 0 Å². The molecule has 0 spiro atoms. The molecule has 1 unspecified atom stereocenters. The number of para-hydroxylation sites is 1. The second kappa shape index (κ2) is 6.36. The Morgan fingerprint density at radius 3 is 2.40 bits per heavy atom. The summed E-state index contributed by atoms with van der Waals surface area (Å²) in [5.41, 5.74) is 4.50. The molecule has 3 nitrogen and oxygen atoms in total. The minimum absolute atomic E-state index is 0.0169. The van der Waals surface area contributed by atoms with E-state index in [1.54, 1.807) is 6.20 Å². The number of anilines is 1. The lowest BCUT2D eigenvalue weighted by atomic mass is 10.1. The maximum Gasteiger partial charge on any atom is 0.259 e. The largest absolute Gasteiger partial charge is 0.301 e. The molecule has 1 amide bonds. The van der Waals surface area contributed by atoms with Crippen LogP contribution in [-0.4, -0.2) is 10.9 Å². The Balaban J connectivity index is 1.81. The molecule has 0 saturated carbocycles. The Morgan fingerprint density at radius 2 is 1.64 bits per heavy atom. The lowest BCUT2D eigenvalue weighted by Gasteiger charge is -2.25. The van der Waals surface area contributed by atoms with Crippen molar-refractivity contribution in [2.45, 2.75) is 13.0 Å². The van der Waals surface area contributed by atoms with Crippen LogP contribution in [0.2, 0.25) is 0 Å². The van der Waals surface area contributed by atoms with Gasteiger partial charge in [-0.05, 0) is 36.8 Å². The molecule has 3 heteroatoms. The molecule has 1 aliphatic rings. The van der Waals surface area contributed by atoms with Crippen LogP contribution in [-0.2, 0) is 4.79 Å². The van der Waals surface area contributed by atoms with E-state index in [2.05, 4.69) is 24.0 Å². The molecule has 2 aromatic carbocycles. The number of carbonyl (C=O) groups is 1. The van der Waals surface area contributed by atoms with E-state index in [1.165, 1.54) is 0 Å². The lowest BCUT2D eigenvalue weighted by molar-refractivity contribution is -0.113. The fourth-order valence-corrected chi connectivity index (χ4v) is 3.28. The first-order chi connectivity index (χ1) is 12.3. The van der Waals surface area contributed by atoms with E-state index in [4.69, 9.17) is 0 Å². The Labute approximate surface area is 147 Å². The Hall–Kier alpha value is -3.20. The topological polar surface area (TPSA) is 33.2 Å². The molecule has 0 fully saturated rings. The average molecular weight is 326 g/mol. The first-order valence-corrected chi connectivity index (χ1v) is 8.36. The van der Waals surface area contributed by atoms with E-state index in [9.17, 15) is 4.79 Å². The van der Waals surface area contributed by atoms with Crippen LogP contribution in [0.15, 0.2) is 79.0 Å². The molecular weight excluding hydrogens is 308 g/mol. The molecule has 1 aromatic heterocycles. The van der Waals surface area contributed by atoms with Crippen LogP contribution in [0.25, 0.3) is 11.6 Å². The monoisotopic (exact) mass is 326 g/mol. The predicted octanol–water partition coefficient (Wildman–Crippen LogP) is 4.73. The maximum absolute atomic E-state index is 13.2. The molecule has 1 aliphatic heterocycles. The summed E-state index contributed by atoms with van der Waals surface area (Å²) in [5, 5.41) is 0. The van der Waals surface area contributed by atoms with E-state index in [0.29, 0.717) is 5.57 Å². The zero-order valence-corrected chi connectivity index (χ0v) is 14.0. The van der Waals surface area contributed by atoms with Crippen molar-refractivity contribution in [3.05, 3.63) is 95.8 Å². The van der Waals surface area contributed by atoms with Gasteiger partial charge in [-0.25, -0.2) is 0 Å². The quantitative estimate of drug-likeness (QED) is 0.652. The Morgan fingerprint density at radius 1 is 0.920 bits per heavy atom. The van der Waals surface area contributed by atoms with Gasteiger partial charge in [-0.15, -0.1) is 0 Å². The van der Waals surface area contributed by atoms with Crippen molar-refractivity contribution in [2.24, 2.45) is 0 Å². The highest BCUT2D eigenvalue weighted by Crippen LogP contribution is 2.42. The summed E-state index contributed by atoms with van der Waals surface area (Å²) < 4.78 is 0. The maximum atomic E-state index is 13.2. The number of pyridine rings is 1. The van der Waals surface area contributed by atoms with Crippen molar-refractivity contribution in [3.8, 4) is 0 Å². The van der Waals surface area contributed by atoms with Gasteiger partial charge >= 0.3 is 0 Å². The number of rotatable bonds is 3. The zero-order valence-electron chi connectivity index (χ0n) is 14.0. The molecule has 0 aliphatic carbocycles. The van der Waals surface area contributed by atoms with Gasteiger partial charge in [-0.3, -0.25) is 9.78 Å². The summed E-state index contributed by atoms with van der Waals surface area (Å²) in [4.78, 5) is 19.4. The molecule has 4 rings (SSSR count). The van der Waals surface area contributed by atoms with Crippen molar-refractivity contribution < 1.29 is 4.79 Å². The molecule has 0 radical (unpaired) electrons. The summed E-state index contributed by atoms with van der Waals surface area (Å²) in [6, 6.07) is 23.7. The third kappa shape index (κ3) is 2.74. The van der Waals surface area contributed by atoms with Crippen molar-refractivity contribution in [1.82, 2.24) is 4.98 Å². The van der Waals surface area contributed by atoms with Gasteiger partial charge in [0.2, 0.25) is 0 Å². The van der Waals surface area contributed by atoms with Crippen molar-refractivity contribution in [2.75, 3.05) is 4.90 Å². The third-order valence-corrected chi connectivity index (χ3v) is 4.55. The van der Waals surface area contributed by atoms with Gasteiger partial charge < -0.3 is 4.90 Å². The highest BCUT2D eigenvalue weighted by atomic mass is 16.2. The number of hydrogen-bond acceptors (Lipinski definition) is 2. The van der Waals surface area contributed by atoms with E-state index in [1.807, 2.05) is 71.6 Å². The number of benzene rings is 2. The second-order valence-electron chi connectivity index (χ2n) is 6.09. The van der Waals surface area contributed by atoms with Crippen LogP contribution in [0.3, 0.4) is 0 Å². The third-order valence-electron chi connectivity index (χ3n) is 4.55. The molecular formula is C22H18N2O. The highest BCUT2D eigenvalue weighted by Gasteiger charge is 2.35. The minimum atomic E-state index is -0.0375. The minimum Gasteiger partial charge on any atom is -0.301 e. The van der Waals surface area contributed by atoms with Crippen molar-refractivity contribution in [3.63, 3.8) is 0 Å². The van der Waals surface area contributed by atoms with Crippen molar-refractivity contribution >= 4 is 23.2 Å². The standard InChI is InChI=1S/C22H18N2O/c1-16(17-9-3-2-4-10-17)24-21-13-6-5-12-19(21)20(22(24)25)15-18-11-7-8-14-23-18/h2-16H,1H3/b20-15-. The van der Waals surface area contributed by atoms with Gasteiger partial charge in [0.25, 0.3) is 5.91 Å². The van der Waals surface area contributed by atoms with Crippen LogP contribution in [0.5, 0.6) is 0 Å². The number of fused-ring (bicyclic) bond motifs is 1. The summed E-state index contributed by atoms with van der Waals surface area (Å²) in [5.74, 6) is 0.0169. The summed E-state index contributed by atoms with van der Waals surface area (Å²) in [6.45, 7) is 2.06. The van der Waals surface area contributed by atoms with Gasteiger partial charge in [0.15, 0.2) is 0 Å². The number of carbonyl (C=O) groups excluding carboxylic acids is 1. The van der Waals surface area contributed by atoms with E-state index >= 15 is 0 Å². The van der Waals surface area contributed by atoms with Crippen molar-refractivity contribution in [1.29, 1.82) is 0 Å². The molecule has 25 heavy (non-hydrogen) atoms. The van der Waals surface area contributed by atoms with E-state index in [-0.39, 0.29) is 11.9 Å². The summed E-state index contributed by atoms with van der Waals surface area (Å²) >= 11 is 0. The van der Waals surface area contributed by atoms with Crippen LogP contribution >= 0.6 is 0 Å². The molecule has 3 aromatic rings. The molecule has 0 bridgehead atoms. The van der Waals surface area contributed by atoms with Crippen LogP contribution in [0.1, 0.15) is 29.8 Å². The molecule has 2 heterocycles. The first kappa shape index (κ1) is 15.3. The average Bonchev–Trinajstić information content (AvgIpc) is 2.95. The highest BCUT2D eigenvalue weighted by molar-refractivity contribution is 6.35. The molecule has 122 valence electrons. The molecule has 0 saturated heterocycles. The number of hydrogen-bond donors (Lipinski definition) is 0. The van der Waals surface area contributed by atoms with Gasteiger partial charge in [0.1, 0.15) is 0 Å². The van der Waals surface area contributed by atoms with Gasteiger partial charge in [-0.1, -0.05) is 54.6 Å². The summed E-state index contributed by atoms with van der Waals surface area (Å²) in [7, 11) is 0. The fraction of sp³-hybridized carbons (Fsp3) is 0.0909. The summed E-state index contributed by atoms with van der Waals surface area (Å²) in [6.07, 6.45) is 3.61. The van der Waals surface area contributed by atoms with Crippen LogP contribution in [0.4, 0.5) is 5.69 Å². The van der Waals surface area contributed by atoms with Crippen LogP contribution < -0.4 is 4.90 Å². The van der Waals surface area contributed by atoms with E-state index in [0.717, 1.165) is 22.5 Å². The smallest absolute Gasteiger partial charge is 0.259 e. The molecule has 0 N–H and O–H groups in total. The number of aromatic nitrogens is 1. The number of nitrogens with zero attached hydrogens (tertiary/aromatic N) is 2. The lowest BCUT2D eigenvalue weighted by Crippen LogP contribution is -2.29. The number of amides is 1. The van der Waals surface area contributed by atoms with Gasteiger partial charge in [0.05, 0.1) is 23.0 Å². The Bertz CT molecular complexity index is 933. The van der Waals surface area contributed by atoms with Gasteiger partial charge in [0, 0.05) is 11.8 Å². The zero-order chi connectivity index (χ0) is 17.2. The van der Waals surface area contributed by atoms with E-state index < -0.39 is 0 Å².